The van der Waals surface area contributed by atoms with Crippen LogP contribution in [-0.2, 0) is 16.0 Å². The molecule has 0 saturated carbocycles. The first-order valence-corrected chi connectivity index (χ1v) is 11.0. The molecule has 2 aromatic heterocycles. The summed E-state index contributed by atoms with van der Waals surface area (Å²) in [5.41, 5.74) is 3.72. The van der Waals surface area contributed by atoms with E-state index in [2.05, 4.69) is 44.5 Å². The molecule has 1 aliphatic rings. The predicted octanol–water partition coefficient (Wildman–Crippen LogP) is 4.10. The van der Waals surface area contributed by atoms with E-state index in [4.69, 9.17) is 4.74 Å². The molecule has 0 radical (unpaired) electrons. The number of benzene rings is 1. The maximum Gasteiger partial charge on any atom is 0.410 e. The summed E-state index contributed by atoms with van der Waals surface area (Å²) in [6, 6.07) is 6.13. The Balaban J connectivity index is 1.41. The second-order valence-corrected chi connectivity index (χ2v) is 9.18. The molecule has 0 atom stereocenters. The van der Waals surface area contributed by atoms with Crippen molar-refractivity contribution in [3.8, 4) is 11.5 Å². The van der Waals surface area contributed by atoms with Crippen LogP contribution in [-0.4, -0.2) is 55.8 Å². The fraction of sp³-hybridized carbons (Fsp3) is 0.478. The van der Waals surface area contributed by atoms with Gasteiger partial charge in [0.1, 0.15) is 11.3 Å². The molecule has 1 aromatic carbocycles. The number of amides is 2. The smallest absolute Gasteiger partial charge is 0.410 e. The Morgan fingerprint density at radius 2 is 2.00 bits per heavy atom. The van der Waals surface area contributed by atoms with Crippen molar-refractivity contribution in [3.05, 3.63) is 30.0 Å². The summed E-state index contributed by atoms with van der Waals surface area (Å²) < 4.78 is 5.43. The van der Waals surface area contributed by atoms with Gasteiger partial charge in [-0.15, -0.1) is 0 Å². The molecule has 0 aliphatic carbocycles. The first kappa shape index (κ1) is 21.9. The van der Waals surface area contributed by atoms with E-state index in [1.165, 1.54) is 5.56 Å². The van der Waals surface area contributed by atoms with Crippen molar-refractivity contribution in [2.75, 3.05) is 18.4 Å². The van der Waals surface area contributed by atoms with Crippen LogP contribution >= 0.6 is 0 Å². The van der Waals surface area contributed by atoms with E-state index in [0.717, 1.165) is 17.5 Å². The lowest BCUT2D eigenvalue weighted by atomic mass is 9.96. The Labute approximate surface area is 186 Å². The Morgan fingerprint density at radius 3 is 2.69 bits per heavy atom. The summed E-state index contributed by atoms with van der Waals surface area (Å²) in [4.78, 5) is 34.7. The zero-order valence-electron chi connectivity index (χ0n) is 19.0. The monoisotopic (exact) mass is 438 g/mol. The van der Waals surface area contributed by atoms with Crippen molar-refractivity contribution in [3.63, 3.8) is 0 Å². The lowest BCUT2D eigenvalue weighted by Crippen LogP contribution is -2.43. The number of ether oxygens (including phenoxy) is 1. The van der Waals surface area contributed by atoms with E-state index in [9.17, 15) is 9.59 Å². The van der Waals surface area contributed by atoms with Gasteiger partial charge in [-0.25, -0.2) is 9.78 Å². The number of likely N-dealkylation sites (tertiary alicyclic amines) is 1. The normalized spacial score (nSPS) is 15.2. The second-order valence-electron chi connectivity index (χ2n) is 9.18. The van der Waals surface area contributed by atoms with E-state index in [-0.39, 0.29) is 17.9 Å². The van der Waals surface area contributed by atoms with Gasteiger partial charge in [0.15, 0.2) is 5.82 Å². The molecule has 0 spiro atoms. The number of hydrogen-bond donors (Lipinski definition) is 3. The number of aromatic nitrogens is 4. The summed E-state index contributed by atoms with van der Waals surface area (Å²) in [6.45, 7) is 8.64. The number of hydrogen-bond acceptors (Lipinski definition) is 5. The summed E-state index contributed by atoms with van der Waals surface area (Å²) in [5, 5.41) is 10.0. The van der Waals surface area contributed by atoms with Gasteiger partial charge in [-0.2, -0.15) is 5.10 Å². The van der Waals surface area contributed by atoms with Crippen LogP contribution in [0.15, 0.2) is 24.4 Å². The number of anilines is 1. The summed E-state index contributed by atoms with van der Waals surface area (Å²) in [6.07, 6.45) is 3.38. The number of carbonyl (C=O) groups is 2. The van der Waals surface area contributed by atoms with Crippen LogP contribution < -0.4 is 5.32 Å². The molecule has 3 heterocycles. The molecular formula is C23H30N6O3. The Hall–Kier alpha value is -3.36. The maximum atomic E-state index is 12.9. The van der Waals surface area contributed by atoms with Crippen molar-refractivity contribution in [2.24, 2.45) is 5.92 Å². The molecule has 2 amide bonds. The minimum Gasteiger partial charge on any atom is -0.444 e. The number of aromatic amines is 2. The van der Waals surface area contributed by atoms with Crippen molar-refractivity contribution in [2.45, 2.75) is 52.6 Å². The molecule has 1 saturated heterocycles. The first-order valence-electron chi connectivity index (χ1n) is 11.0. The number of carbonyl (C=O) groups excluding carboxylic acids is 2. The third-order valence-corrected chi connectivity index (χ3v) is 5.61. The van der Waals surface area contributed by atoms with Gasteiger partial charge < -0.3 is 19.9 Å². The molecule has 0 unspecified atom stereocenters. The molecule has 32 heavy (non-hydrogen) atoms. The number of imidazole rings is 1. The number of aryl methyl sites for hydroxylation is 1. The molecule has 9 heteroatoms. The molecule has 3 aromatic rings. The number of rotatable bonds is 4. The van der Waals surface area contributed by atoms with E-state index in [1.807, 2.05) is 26.8 Å². The van der Waals surface area contributed by atoms with Gasteiger partial charge in [-0.1, -0.05) is 13.0 Å². The Morgan fingerprint density at radius 1 is 1.25 bits per heavy atom. The Bertz CT molecular complexity index is 1120. The number of piperidine rings is 1. The predicted molar refractivity (Wildman–Crippen MR) is 122 cm³/mol. The highest BCUT2D eigenvalue weighted by atomic mass is 16.6. The van der Waals surface area contributed by atoms with Crippen molar-refractivity contribution < 1.29 is 14.3 Å². The number of fused-ring (bicyclic) bond motifs is 1. The molecule has 3 N–H and O–H groups in total. The average molecular weight is 439 g/mol. The Kier molecular flexibility index (Phi) is 5.90. The molecule has 9 nitrogen and oxygen atoms in total. The van der Waals surface area contributed by atoms with Gasteiger partial charge in [0.05, 0.1) is 22.9 Å². The molecule has 170 valence electrons. The van der Waals surface area contributed by atoms with Gasteiger partial charge in [0, 0.05) is 19.0 Å². The summed E-state index contributed by atoms with van der Waals surface area (Å²) in [7, 11) is 0. The quantitative estimate of drug-likeness (QED) is 0.567. The van der Waals surface area contributed by atoms with Crippen LogP contribution in [0, 0.1) is 5.92 Å². The largest absolute Gasteiger partial charge is 0.444 e. The third kappa shape index (κ3) is 4.76. The number of nitrogens with one attached hydrogen (secondary N) is 3. The molecule has 1 aliphatic heterocycles. The molecular weight excluding hydrogens is 408 g/mol. The van der Waals surface area contributed by atoms with E-state index in [0.29, 0.717) is 43.1 Å². The van der Waals surface area contributed by atoms with Crippen molar-refractivity contribution >= 4 is 28.7 Å². The summed E-state index contributed by atoms with van der Waals surface area (Å²) >= 11 is 0. The maximum absolute atomic E-state index is 12.9. The van der Waals surface area contributed by atoms with Crippen LogP contribution in [0.2, 0.25) is 0 Å². The van der Waals surface area contributed by atoms with Crippen LogP contribution in [0.5, 0.6) is 0 Å². The van der Waals surface area contributed by atoms with Gasteiger partial charge >= 0.3 is 6.09 Å². The second kappa shape index (κ2) is 8.64. The van der Waals surface area contributed by atoms with Crippen molar-refractivity contribution in [1.29, 1.82) is 0 Å². The van der Waals surface area contributed by atoms with Crippen LogP contribution in [0.4, 0.5) is 10.5 Å². The SMILES string of the molecule is CCc1ccc2nc(-c3[nH]ncc3NC(=O)C3CCN(C(=O)OC(C)(C)C)CC3)[nH]c2c1. The van der Waals surface area contributed by atoms with Crippen LogP contribution in [0.1, 0.15) is 46.1 Å². The lowest BCUT2D eigenvalue weighted by molar-refractivity contribution is -0.121. The minimum atomic E-state index is -0.530. The standard InChI is InChI=1S/C23H30N6O3/c1-5-14-6-7-16-17(12-14)26-20(25-16)19-18(13-24-28-19)27-21(30)15-8-10-29(11-9-15)22(31)32-23(2,3)4/h6-7,12-13,15H,5,8-11H2,1-4H3,(H,24,28)(H,25,26)(H,27,30). The van der Waals surface area contributed by atoms with E-state index >= 15 is 0 Å². The van der Waals surface area contributed by atoms with Crippen LogP contribution in [0.3, 0.4) is 0 Å². The van der Waals surface area contributed by atoms with Gasteiger partial charge in [0.25, 0.3) is 0 Å². The molecule has 4 rings (SSSR count). The van der Waals surface area contributed by atoms with Gasteiger partial charge in [0.2, 0.25) is 5.91 Å². The lowest BCUT2D eigenvalue weighted by Gasteiger charge is -2.32. The van der Waals surface area contributed by atoms with E-state index < -0.39 is 5.60 Å². The van der Waals surface area contributed by atoms with Gasteiger partial charge in [-0.3, -0.25) is 9.89 Å². The topological polar surface area (TPSA) is 116 Å². The van der Waals surface area contributed by atoms with Crippen LogP contribution in [0.25, 0.3) is 22.6 Å². The highest BCUT2D eigenvalue weighted by Crippen LogP contribution is 2.27. The third-order valence-electron chi connectivity index (χ3n) is 5.61. The zero-order valence-corrected chi connectivity index (χ0v) is 19.0. The van der Waals surface area contributed by atoms with Gasteiger partial charge in [-0.05, 0) is 57.7 Å². The fourth-order valence-corrected chi connectivity index (χ4v) is 3.84. The minimum absolute atomic E-state index is 0.0825. The molecule has 1 fully saturated rings. The molecule has 0 bridgehead atoms. The highest BCUT2D eigenvalue weighted by molar-refractivity contribution is 5.96. The van der Waals surface area contributed by atoms with E-state index in [1.54, 1.807) is 11.1 Å². The average Bonchev–Trinajstić information content (AvgIpc) is 3.38. The summed E-state index contributed by atoms with van der Waals surface area (Å²) in [5.74, 6) is 0.362. The van der Waals surface area contributed by atoms with Crippen molar-refractivity contribution in [1.82, 2.24) is 25.1 Å². The number of nitrogens with zero attached hydrogens (tertiary/aromatic N) is 3. The zero-order chi connectivity index (χ0) is 22.9. The fourth-order valence-electron chi connectivity index (χ4n) is 3.84. The number of H-pyrrole nitrogens is 2. The first-order chi connectivity index (χ1) is 15.2. The highest BCUT2D eigenvalue weighted by Gasteiger charge is 2.30.